The van der Waals surface area contributed by atoms with Crippen LogP contribution in [0.3, 0.4) is 0 Å². The van der Waals surface area contributed by atoms with Gasteiger partial charge in [-0.1, -0.05) is 172 Å². The van der Waals surface area contributed by atoms with Crippen molar-refractivity contribution in [3.05, 3.63) is 158 Å². The molecule has 2 rings (SSSR count). The standard InChI is InChI=1S/C63H96O14/c1-3-5-7-9-11-13-15-17-19-21-23-24-25-26-27-29-31-33-35-37-39-41-43-45-47-72-49-52(75-55(65)46-44-42-40-38-36-34-32-30-28-22-20-18-16-14-12-10-8-6-4-2)50-73-62-61(71)59(69)57(67)54(77-62)51-74-63-60(70)58(68)56(66)53(48-64)76-63/h5-8,11-14,17-20,23-24,26-28,30-31,33-34,36-37,39-40,42,52-54,56-64,66-71H,3-4,9-10,15-16,21-22,25,29,32,35,38,41,43-51H2,1-2H3/b7-5-,8-6-,13-11-,14-12-,19-17-,20-18-,24-23-,27-26-,30-28-,33-31-,36-34-,39-37-,42-40-. The molecule has 2 fully saturated rings. The van der Waals surface area contributed by atoms with Crippen molar-refractivity contribution < 1.29 is 69.0 Å². The first-order valence-corrected chi connectivity index (χ1v) is 28.1. The highest BCUT2D eigenvalue weighted by atomic mass is 16.7. The number of ether oxygens (including phenoxy) is 6. The number of rotatable bonds is 42. The van der Waals surface area contributed by atoms with Gasteiger partial charge in [0.2, 0.25) is 0 Å². The summed E-state index contributed by atoms with van der Waals surface area (Å²) in [6.07, 6.45) is 54.6. The zero-order valence-corrected chi connectivity index (χ0v) is 46.1. The van der Waals surface area contributed by atoms with Crippen molar-refractivity contribution in [1.82, 2.24) is 0 Å². The fraction of sp³-hybridized carbons (Fsp3) is 0.571. The SMILES string of the molecule is CC/C=C\C/C=C\C/C=C\C/C=C\C/C=C\C/C=C\C/C=C\CCCCOCC(COC1OC(COC2OC(CO)C(O)C(O)C2O)C(O)C(O)C1O)OC(=O)CC/C=C\C/C=C\C/C=C\C/C=C\C/C=C\C/C=C\CC. The molecule has 11 unspecified atom stereocenters. The van der Waals surface area contributed by atoms with Crippen LogP contribution in [0.15, 0.2) is 158 Å². The van der Waals surface area contributed by atoms with Crippen LogP contribution in [0.1, 0.15) is 129 Å². The summed E-state index contributed by atoms with van der Waals surface area (Å²) in [7, 11) is 0. The Morgan fingerprint density at radius 1 is 0.429 bits per heavy atom. The summed E-state index contributed by atoms with van der Waals surface area (Å²) in [5.74, 6) is -0.481. The van der Waals surface area contributed by atoms with E-state index in [1.807, 2.05) is 12.2 Å². The molecular weight excluding hydrogens is 981 g/mol. The van der Waals surface area contributed by atoms with Gasteiger partial charge in [-0.25, -0.2) is 0 Å². The molecule has 0 aromatic heterocycles. The van der Waals surface area contributed by atoms with Crippen molar-refractivity contribution in [2.24, 2.45) is 0 Å². The second kappa shape index (κ2) is 47.6. The summed E-state index contributed by atoms with van der Waals surface area (Å²) >= 11 is 0. The summed E-state index contributed by atoms with van der Waals surface area (Å²) in [5, 5.41) is 72.3. The molecule has 0 aromatic rings. The van der Waals surface area contributed by atoms with Crippen LogP contribution in [0.4, 0.5) is 0 Å². The summed E-state index contributed by atoms with van der Waals surface area (Å²) in [6, 6.07) is 0. The second-order valence-electron chi connectivity index (χ2n) is 18.6. The predicted molar refractivity (Wildman–Crippen MR) is 306 cm³/mol. The molecule has 0 aliphatic carbocycles. The third kappa shape index (κ3) is 34.3. The van der Waals surface area contributed by atoms with Crippen molar-refractivity contribution in [3.8, 4) is 0 Å². The largest absolute Gasteiger partial charge is 0.457 e. The predicted octanol–water partition coefficient (Wildman–Crippen LogP) is 9.85. The van der Waals surface area contributed by atoms with Gasteiger partial charge in [0.1, 0.15) is 54.9 Å². The molecule has 14 heteroatoms. The maximum Gasteiger partial charge on any atom is 0.306 e. The van der Waals surface area contributed by atoms with E-state index in [0.717, 1.165) is 103 Å². The van der Waals surface area contributed by atoms with Gasteiger partial charge in [0.05, 0.1) is 26.4 Å². The average molecular weight is 1080 g/mol. The Kier molecular flexibility index (Phi) is 42.5. The third-order valence-electron chi connectivity index (χ3n) is 12.0. The average Bonchev–Trinajstić information content (AvgIpc) is 3.43. The van der Waals surface area contributed by atoms with E-state index in [1.165, 1.54) is 0 Å². The first-order valence-electron chi connectivity index (χ1n) is 28.1. The first-order chi connectivity index (χ1) is 37.6. The molecular formula is C63H96O14. The molecule has 0 radical (unpaired) electrons. The smallest absolute Gasteiger partial charge is 0.306 e. The van der Waals surface area contributed by atoms with E-state index < -0.39 is 86.7 Å². The van der Waals surface area contributed by atoms with Crippen molar-refractivity contribution >= 4 is 5.97 Å². The van der Waals surface area contributed by atoms with Gasteiger partial charge in [0, 0.05) is 13.0 Å². The number of allylic oxidation sites excluding steroid dienone is 26. The molecule has 2 heterocycles. The summed E-state index contributed by atoms with van der Waals surface area (Å²) < 4.78 is 34.2. The molecule has 0 spiro atoms. The maximum absolute atomic E-state index is 13.0. The van der Waals surface area contributed by atoms with Crippen LogP contribution in [0.5, 0.6) is 0 Å². The van der Waals surface area contributed by atoms with Crippen LogP contribution >= 0.6 is 0 Å². The van der Waals surface area contributed by atoms with Crippen molar-refractivity contribution in [1.29, 1.82) is 0 Å². The van der Waals surface area contributed by atoms with Gasteiger partial charge in [-0.05, 0) is 109 Å². The van der Waals surface area contributed by atoms with Crippen LogP contribution in [0.25, 0.3) is 0 Å². The zero-order valence-electron chi connectivity index (χ0n) is 46.1. The molecule has 0 bridgehead atoms. The normalized spacial score (nSPS) is 25.5. The number of carbonyl (C=O) groups excluding carboxylic acids is 1. The van der Waals surface area contributed by atoms with Gasteiger partial charge >= 0.3 is 5.97 Å². The molecule has 2 saturated heterocycles. The van der Waals surface area contributed by atoms with Gasteiger partial charge in [-0.2, -0.15) is 0 Å². The Morgan fingerprint density at radius 2 is 0.792 bits per heavy atom. The second-order valence-corrected chi connectivity index (χ2v) is 18.6. The van der Waals surface area contributed by atoms with E-state index in [0.29, 0.717) is 13.0 Å². The van der Waals surface area contributed by atoms with Gasteiger partial charge in [-0.15, -0.1) is 0 Å². The van der Waals surface area contributed by atoms with Gasteiger partial charge in [-0.3, -0.25) is 4.79 Å². The Balaban J connectivity index is 1.80. The lowest BCUT2D eigenvalue weighted by atomic mass is 9.98. The molecule has 14 nitrogen and oxygen atoms in total. The Hall–Kier alpha value is -4.39. The zero-order chi connectivity index (χ0) is 55.8. The van der Waals surface area contributed by atoms with E-state index in [-0.39, 0.29) is 19.6 Å². The third-order valence-corrected chi connectivity index (χ3v) is 12.0. The molecule has 432 valence electrons. The van der Waals surface area contributed by atoms with E-state index >= 15 is 0 Å². The minimum Gasteiger partial charge on any atom is -0.457 e. The van der Waals surface area contributed by atoms with Gasteiger partial charge in [0.15, 0.2) is 12.6 Å². The van der Waals surface area contributed by atoms with Crippen molar-refractivity contribution in [2.75, 3.05) is 33.0 Å². The monoisotopic (exact) mass is 1080 g/mol. The number of aliphatic hydroxyl groups is 7. The first kappa shape index (κ1) is 68.7. The van der Waals surface area contributed by atoms with E-state index in [4.69, 9.17) is 28.4 Å². The van der Waals surface area contributed by atoms with Crippen LogP contribution in [-0.4, -0.2) is 142 Å². The van der Waals surface area contributed by atoms with Crippen molar-refractivity contribution in [3.63, 3.8) is 0 Å². The highest BCUT2D eigenvalue weighted by molar-refractivity contribution is 5.69. The van der Waals surface area contributed by atoms with Crippen LogP contribution < -0.4 is 0 Å². The number of carbonyl (C=O) groups is 1. The molecule has 0 aromatic carbocycles. The molecule has 7 N–H and O–H groups in total. The summed E-state index contributed by atoms with van der Waals surface area (Å²) in [5.41, 5.74) is 0. The quantitative estimate of drug-likeness (QED) is 0.0172. The Labute approximate surface area is 461 Å². The highest BCUT2D eigenvalue weighted by Crippen LogP contribution is 2.26. The number of esters is 1. The number of aliphatic hydroxyl groups excluding tert-OH is 7. The molecule has 2 aliphatic heterocycles. The summed E-state index contributed by atoms with van der Waals surface area (Å²) in [6.45, 7) is 3.20. The van der Waals surface area contributed by atoms with E-state index in [9.17, 15) is 40.5 Å². The molecule has 0 amide bonds. The minimum absolute atomic E-state index is 0.0121. The lowest BCUT2D eigenvalue weighted by Gasteiger charge is -2.42. The van der Waals surface area contributed by atoms with E-state index in [1.54, 1.807) is 0 Å². The van der Waals surface area contributed by atoms with Crippen LogP contribution in [0.2, 0.25) is 0 Å². The van der Waals surface area contributed by atoms with Crippen LogP contribution in [0, 0.1) is 0 Å². The van der Waals surface area contributed by atoms with Gasteiger partial charge < -0.3 is 64.2 Å². The van der Waals surface area contributed by atoms with E-state index in [2.05, 4.69) is 160 Å². The Morgan fingerprint density at radius 3 is 1.21 bits per heavy atom. The topological polar surface area (TPSA) is 214 Å². The van der Waals surface area contributed by atoms with Crippen LogP contribution in [-0.2, 0) is 33.2 Å². The van der Waals surface area contributed by atoms with Crippen molar-refractivity contribution in [2.45, 2.75) is 197 Å². The minimum atomic E-state index is -1.74. The number of unbranched alkanes of at least 4 members (excludes halogenated alkanes) is 2. The number of hydrogen-bond acceptors (Lipinski definition) is 14. The lowest BCUT2D eigenvalue weighted by Crippen LogP contribution is -2.61. The van der Waals surface area contributed by atoms with Gasteiger partial charge in [0.25, 0.3) is 0 Å². The lowest BCUT2D eigenvalue weighted by molar-refractivity contribution is -0.332. The summed E-state index contributed by atoms with van der Waals surface area (Å²) in [4.78, 5) is 13.0. The Bertz CT molecular complexity index is 1870. The highest BCUT2D eigenvalue weighted by Gasteiger charge is 2.47. The molecule has 77 heavy (non-hydrogen) atoms. The molecule has 0 saturated carbocycles. The molecule has 11 atom stereocenters. The molecule has 2 aliphatic rings. The maximum atomic E-state index is 13.0. The fourth-order valence-corrected chi connectivity index (χ4v) is 7.58. The fourth-order valence-electron chi connectivity index (χ4n) is 7.58. The number of hydrogen-bond donors (Lipinski definition) is 7.